The molecular weight excluding hydrogens is 283 g/mol. The number of benzene rings is 2. The number of rotatable bonds is 4. The first kappa shape index (κ1) is 14.1. The molecule has 1 N–H and O–H groups in total. The number of aliphatic hydroxyl groups is 1. The van der Waals surface area contributed by atoms with Gasteiger partial charge >= 0.3 is 0 Å². The molecule has 2 nitrogen and oxygen atoms in total. The van der Waals surface area contributed by atoms with E-state index in [1.807, 2.05) is 6.07 Å². The van der Waals surface area contributed by atoms with Crippen LogP contribution in [0, 0.1) is 0 Å². The Morgan fingerprint density at radius 1 is 1.00 bits per heavy atom. The fraction of sp³-hybridized carbons (Fsp3) is 0.133. The topological polar surface area (TPSA) is 37.3 Å². The van der Waals surface area contributed by atoms with E-state index in [0.717, 1.165) is 0 Å². The van der Waals surface area contributed by atoms with E-state index in [1.54, 1.807) is 48.5 Å². The van der Waals surface area contributed by atoms with Gasteiger partial charge in [-0.3, -0.25) is 4.79 Å². The van der Waals surface area contributed by atoms with E-state index in [2.05, 4.69) is 0 Å². The van der Waals surface area contributed by atoms with Crippen LogP contribution in [0.4, 0.5) is 0 Å². The summed E-state index contributed by atoms with van der Waals surface area (Å²) in [6.07, 6.45) is -1.06. The van der Waals surface area contributed by atoms with Gasteiger partial charge in [-0.05, 0) is 17.7 Å². The number of alkyl halides is 1. The molecule has 2 aromatic rings. The summed E-state index contributed by atoms with van der Waals surface area (Å²) in [6, 6.07) is 15.3. The number of carbonyl (C=O) groups is 1. The van der Waals surface area contributed by atoms with Crippen molar-refractivity contribution in [3.8, 4) is 0 Å². The van der Waals surface area contributed by atoms with Crippen molar-refractivity contribution in [3.63, 3.8) is 0 Å². The van der Waals surface area contributed by atoms with Gasteiger partial charge in [0, 0.05) is 10.6 Å². The highest BCUT2D eigenvalue weighted by atomic mass is 35.5. The third-order valence-electron chi connectivity index (χ3n) is 2.80. The number of Topliss-reactive ketones (excluding diaryl/α,β-unsaturated/α-hetero) is 1. The second-order valence-electron chi connectivity index (χ2n) is 4.13. The lowest BCUT2D eigenvalue weighted by molar-refractivity contribution is 0.0891. The van der Waals surface area contributed by atoms with Crippen molar-refractivity contribution < 1.29 is 9.90 Å². The molecule has 0 heterocycles. The maximum atomic E-state index is 12.1. The van der Waals surface area contributed by atoms with Crippen molar-refractivity contribution in [1.29, 1.82) is 0 Å². The average Bonchev–Trinajstić information content (AvgIpc) is 2.46. The molecule has 2 unspecified atom stereocenters. The van der Waals surface area contributed by atoms with Gasteiger partial charge < -0.3 is 5.11 Å². The molecule has 0 aromatic heterocycles. The lowest BCUT2D eigenvalue weighted by atomic mass is 10.00. The highest BCUT2D eigenvalue weighted by Crippen LogP contribution is 2.25. The van der Waals surface area contributed by atoms with Crippen LogP contribution in [0.2, 0.25) is 5.02 Å². The number of hydrogen-bond donors (Lipinski definition) is 1. The zero-order valence-corrected chi connectivity index (χ0v) is 11.5. The Labute approximate surface area is 121 Å². The summed E-state index contributed by atoms with van der Waals surface area (Å²) >= 11 is 11.8. The third-order valence-corrected chi connectivity index (χ3v) is 3.49. The lowest BCUT2D eigenvalue weighted by Gasteiger charge is -2.16. The third kappa shape index (κ3) is 3.35. The lowest BCUT2D eigenvalue weighted by Crippen LogP contribution is -2.23. The highest BCUT2D eigenvalue weighted by molar-refractivity contribution is 6.34. The van der Waals surface area contributed by atoms with Crippen molar-refractivity contribution in [2.24, 2.45) is 0 Å². The Kier molecular flexibility index (Phi) is 4.59. The maximum Gasteiger partial charge on any atom is 0.183 e. The molecule has 0 amide bonds. The van der Waals surface area contributed by atoms with Crippen LogP contribution >= 0.6 is 23.2 Å². The van der Waals surface area contributed by atoms with Gasteiger partial charge in [-0.2, -0.15) is 0 Å². The molecule has 0 fully saturated rings. The van der Waals surface area contributed by atoms with Crippen LogP contribution in [0.5, 0.6) is 0 Å². The Balaban J connectivity index is 2.17. The molecule has 0 saturated carbocycles. The summed E-state index contributed by atoms with van der Waals surface area (Å²) in [6.45, 7) is 0. The van der Waals surface area contributed by atoms with Crippen LogP contribution in [0.3, 0.4) is 0 Å². The Morgan fingerprint density at radius 3 is 2.16 bits per heavy atom. The molecule has 19 heavy (non-hydrogen) atoms. The van der Waals surface area contributed by atoms with Crippen LogP contribution in [0.25, 0.3) is 0 Å². The summed E-state index contributed by atoms with van der Waals surface area (Å²) in [5.74, 6) is -0.301. The van der Waals surface area contributed by atoms with E-state index in [-0.39, 0.29) is 5.78 Å². The van der Waals surface area contributed by atoms with Gasteiger partial charge in [0.15, 0.2) is 5.78 Å². The van der Waals surface area contributed by atoms with Crippen LogP contribution in [-0.2, 0) is 0 Å². The number of halogens is 2. The van der Waals surface area contributed by atoms with Gasteiger partial charge in [0.05, 0.1) is 0 Å². The Hall–Kier alpha value is -1.35. The van der Waals surface area contributed by atoms with E-state index in [9.17, 15) is 9.90 Å². The molecule has 0 aliphatic carbocycles. The summed E-state index contributed by atoms with van der Waals surface area (Å²) < 4.78 is 0. The normalized spacial score (nSPS) is 13.8. The van der Waals surface area contributed by atoms with Gasteiger partial charge in [0.1, 0.15) is 11.5 Å². The smallest absolute Gasteiger partial charge is 0.183 e. The predicted molar refractivity (Wildman–Crippen MR) is 76.8 cm³/mol. The molecule has 2 rings (SSSR count). The van der Waals surface area contributed by atoms with E-state index in [1.165, 1.54) is 0 Å². The van der Waals surface area contributed by atoms with Gasteiger partial charge in [-0.25, -0.2) is 0 Å². The molecule has 2 aromatic carbocycles. The van der Waals surface area contributed by atoms with Gasteiger partial charge in [-0.15, -0.1) is 11.6 Å². The van der Waals surface area contributed by atoms with Crippen molar-refractivity contribution in [1.82, 2.24) is 0 Å². The second-order valence-corrected chi connectivity index (χ2v) is 5.04. The van der Waals surface area contributed by atoms with E-state index in [0.29, 0.717) is 16.1 Å². The largest absolute Gasteiger partial charge is 0.386 e. The Bertz CT molecular complexity index is 552. The molecule has 0 bridgehead atoms. The zero-order valence-electron chi connectivity index (χ0n) is 9.96. The first-order chi connectivity index (χ1) is 9.09. The van der Waals surface area contributed by atoms with Crippen LogP contribution in [0.1, 0.15) is 22.0 Å². The van der Waals surface area contributed by atoms with Gasteiger partial charge in [-0.1, -0.05) is 54.1 Å². The fourth-order valence-electron chi connectivity index (χ4n) is 1.73. The maximum absolute atomic E-state index is 12.1. The molecule has 2 atom stereocenters. The minimum Gasteiger partial charge on any atom is -0.386 e. The molecule has 0 aliphatic rings. The molecule has 0 spiro atoms. The quantitative estimate of drug-likeness (QED) is 0.687. The summed E-state index contributed by atoms with van der Waals surface area (Å²) in [7, 11) is 0. The SMILES string of the molecule is O=C(c1ccccc1)C(Cl)C(O)c1ccc(Cl)cc1. The minimum absolute atomic E-state index is 0.301. The number of carbonyl (C=O) groups excluding carboxylic acids is 1. The number of hydrogen-bond acceptors (Lipinski definition) is 2. The molecule has 4 heteroatoms. The van der Waals surface area contributed by atoms with Crippen molar-refractivity contribution in [2.75, 3.05) is 0 Å². The molecular formula is C15H12Cl2O2. The zero-order chi connectivity index (χ0) is 13.8. The summed E-state index contributed by atoms with van der Waals surface area (Å²) in [5.41, 5.74) is 1.05. The highest BCUT2D eigenvalue weighted by Gasteiger charge is 2.26. The minimum atomic E-state index is -1.06. The summed E-state index contributed by atoms with van der Waals surface area (Å²) in [5, 5.41) is 9.66. The molecule has 0 saturated heterocycles. The van der Waals surface area contributed by atoms with Crippen LogP contribution < -0.4 is 0 Å². The molecule has 0 radical (unpaired) electrons. The average molecular weight is 295 g/mol. The monoisotopic (exact) mass is 294 g/mol. The standard InChI is InChI=1S/C15H12Cl2O2/c16-12-8-6-11(7-9-12)15(19)13(17)14(18)10-4-2-1-3-5-10/h1-9,13,15,19H. The molecule has 98 valence electrons. The van der Waals surface area contributed by atoms with E-state index < -0.39 is 11.5 Å². The molecule has 0 aliphatic heterocycles. The van der Waals surface area contributed by atoms with E-state index >= 15 is 0 Å². The first-order valence-electron chi connectivity index (χ1n) is 5.76. The van der Waals surface area contributed by atoms with E-state index in [4.69, 9.17) is 23.2 Å². The van der Waals surface area contributed by atoms with Crippen molar-refractivity contribution in [2.45, 2.75) is 11.5 Å². The Morgan fingerprint density at radius 2 is 1.58 bits per heavy atom. The van der Waals surface area contributed by atoms with Gasteiger partial charge in [0.25, 0.3) is 0 Å². The van der Waals surface area contributed by atoms with Crippen LogP contribution in [-0.4, -0.2) is 16.3 Å². The number of aliphatic hydroxyl groups excluding tert-OH is 1. The van der Waals surface area contributed by atoms with Gasteiger partial charge in [0.2, 0.25) is 0 Å². The van der Waals surface area contributed by atoms with Crippen LogP contribution in [0.15, 0.2) is 54.6 Å². The number of ketones is 1. The predicted octanol–water partition coefficient (Wildman–Crippen LogP) is 3.86. The van der Waals surface area contributed by atoms with Crippen molar-refractivity contribution in [3.05, 3.63) is 70.7 Å². The second kappa shape index (κ2) is 6.20. The van der Waals surface area contributed by atoms with Crippen molar-refractivity contribution >= 4 is 29.0 Å². The summed E-state index contributed by atoms with van der Waals surface area (Å²) in [4.78, 5) is 12.1. The first-order valence-corrected chi connectivity index (χ1v) is 6.58. The fourth-order valence-corrected chi connectivity index (χ4v) is 2.13.